The van der Waals surface area contributed by atoms with Crippen LogP contribution in [0.25, 0.3) is 0 Å². The standard InChI is InChI=1S/C13H15NO2Se/c1-13-9-11(12(15)14(13)7-8-16-13)17-10-5-3-2-4-6-10/h2-6,15H,7-9H2,1H3/t13-/m1/s1. The number of ether oxygens (including phenoxy) is 1. The molecule has 90 valence electrons. The van der Waals surface area contributed by atoms with Gasteiger partial charge in [-0.2, -0.15) is 0 Å². The third kappa shape index (κ3) is 1.86. The molecule has 0 radical (unpaired) electrons. The van der Waals surface area contributed by atoms with E-state index in [0.29, 0.717) is 12.5 Å². The van der Waals surface area contributed by atoms with E-state index in [1.807, 2.05) is 23.1 Å². The van der Waals surface area contributed by atoms with Gasteiger partial charge in [0.1, 0.15) is 0 Å². The van der Waals surface area contributed by atoms with Crippen molar-refractivity contribution in [2.45, 2.75) is 19.1 Å². The summed E-state index contributed by atoms with van der Waals surface area (Å²) in [6.07, 6.45) is 0.827. The maximum atomic E-state index is 10.2. The summed E-state index contributed by atoms with van der Waals surface area (Å²) in [7, 11) is 0. The van der Waals surface area contributed by atoms with Gasteiger partial charge < -0.3 is 0 Å². The summed E-state index contributed by atoms with van der Waals surface area (Å²) in [5.41, 5.74) is -0.296. The van der Waals surface area contributed by atoms with Crippen LogP contribution in [0, 0.1) is 0 Å². The quantitative estimate of drug-likeness (QED) is 0.832. The summed E-state index contributed by atoms with van der Waals surface area (Å²) in [5, 5.41) is 10.2. The first kappa shape index (κ1) is 11.1. The first-order chi connectivity index (χ1) is 8.19. The van der Waals surface area contributed by atoms with Gasteiger partial charge in [-0.25, -0.2) is 0 Å². The third-order valence-electron chi connectivity index (χ3n) is 3.28. The van der Waals surface area contributed by atoms with Gasteiger partial charge in [0.05, 0.1) is 0 Å². The molecule has 1 atom stereocenters. The molecule has 0 spiro atoms. The van der Waals surface area contributed by atoms with E-state index >= 15 is 0 Å². The predicted octanol–water partition coefficient (Wildman–Crippen LogP) is 1.20. The molecule has 2 heterocycles. The van der Waals surface area contributed by atoms with Crippen molar-refractivity contribution in [2.75, 3.05) is 13.2 Å². The molecule has 0 saturated carbocycles. The number of hydrogen-bond acceptors (Lipinski definition) is 3. The van der Waals surface area contributed by atoms with E-state index < -0.39 is 0 Å². The molecule has 3 rings (SSSR count). The van der Waals surface area contributed by atoms with Crippen molar-refractivity contribution in [3.8, 4) is 0 Å². The van der Waals surface area contributed by atoms with Crippen LogP contribution in [-0.2, 0) is 4.74 Å². The molecule has 2 aliphatic rings. The molecule has 4 heteroatoms. The van der Waals surface area contributed by atoms with Crippen LogP contribution >= 0.6 is 0 Å². The molecular formula is C13H15NO2Se. The van der Waals surface area contributed by atoms with Crippen LogP contribution in [0.4, 0.5) is 0 Å². The van der Waals surface area contributed by atoms with Crippen LogP contribution < -0.4 is 4.46 Å². The molecule has 0 amide bonds. The van der Waals surface area contributed by atoms with E-state index in [-0.39, 0.29) is 20.7 Å². The molecule has 0 unspecified atom stereocenters. The average Bonchev–Trinajstić information content (AvgIpc) is 2.79. The fourth-order valence-corrected chi connectivity index (χ4v) is 4.74. The van der Waals surface area contributed by atoms with Gasteiger partial charge in [0.2, 0.25) is 0 Å². The van der Waals surface area contributed by atoms with Gasteiger partial charge in [0, 0.05) is 0 Å². The normalized spacial score (nSPS) is 27.7. The van der Waals surface area contributed by atoms with Crippen LogP contribution in [0.15, 0.2) is 40.7 Å². The van der Waals surface area contributed by atoms with Gasteiger partial charge in [0.15, 0.2) is 0 Å². The van der Waals surface area contributed by atoms with Gasteiger partial charge >= 0.3 is 107 Å². The van der Waals surface area contributed by atoms with Crippen molar-refractivity contribution in [1.82, 2.24) is 4.90 Å². The fraction of sp³-hybridized carbons (Fsp3) is 0.385. The second kappa shape index (κ2) is 4.05. The van der Waals surface area contributed by atoms with E-state index in [2.05, 4.69) is 19.1 Å². The number of rotatable bonds is 2. The molecule has 0 bridgehead atoms. The van der Waals surface area contributed by atoms with Crippen molar-refractivity contribution in [1.29, 1.82) is 0 Å². The van der Waals surface area contributed by atoms with Crippen molar-refractivity contribution in [2.24, 2.45) is 0 Å². The minimum absolute atomic E-state index is 0.196. The Hall–Kier alpha value is -0.961. The van der Waals surface area contributed by atoms with E-state index in [1.165, 1.54) is 4.46 Å². The number of aliphatic hydroxyl groups is 1. The van der Waals surface area contributed by atoms with Gasteiger partial charge in [0.25, 0.3) is 0 Å². The zero-order valence-corrected chi connectivity index (χ0v) is 11.4. The molecule has 1 aromatic rings. The topological polar surface area (TPSA) is 32.7 Å². The van der Waals surface area contributed by atoms with Crippen LogP contribution in [-0.4, -0.2) is 43.8 Å². The monoisotopic (exact) mass is 297 g/mol. The van der Waals surface area contributed by atoms with Crippen molar-refractivity contribution in [3.05, 3.63) is 40.7 Å². The van der Waals surface area contributed by atoms with Crippen LogP contribution in [0.2, 0.25) is 0 Å². The molecule has 0 aliphatic carbocycles. The first-order valence-corrected chi connectivity index (χ1v) is 7.47. The van der Waals surface area contributed by atoms with Gasteiger partial charge in [-0.1, -0.05) is 0 Å². The predicted molar refractivity (Wildman–Crippen MR) is 67.2 cm³/mol. The second-order valence-electron chi connectivity index (χ2n) is 4.51. The molecule has 0 aromatic heterocycles. The summed E-state index contributed by atoms with van der Waals surface area (Å²) in [6, 6.07) is 10.3. The fourth-order valence-electron chi connectivity index (χ4n) is 2.39. The second-order valence-corrected chi connectivity index (χ2v) is 6.97. The molecule has 1 N–H and O–H groups in total. The number of benzene rings is 1. The van der Waals surface area contributed by atoms with Crippen LogP contribution in [0.1, 0.15) is 13.3 Å². The van der Waals surface area contributed by atoms with E-state index in [9.17, 15) is 5.11 Å². The van der Waals surface area contributed by atoms with E-state index in [1.54, 1.807) is 0 Å². The molecule has 2 aliphatic heterocycles. The van der Waals surface area contributed by atoms with Crippen molar-refractivity contribution < 1.29 is 9.84 Å². The average molecular weight is 296 g/mol. The van der Waals surface area contributed by atoms with Gasteiger partial charge in [-0.15, -0.1) is 0 Å². The zero-order chi connectivity index (χ0) is 11.9. The van der Waals surface area contributed by atoms with E-state index in [0.717, 1.165) is 17.4 Å². The van der Waals surface area contributed by atoms with Crippen molar-refractivity contribution >= 4 is 19.4 Å². The first-order valence-electron chi connectivity index (χ1n) is 5.76. The minimum atomic E-state index is -0.296. The molecule has 17 heavy (non-hydrogen) atoms. The SMILES string of the molecule is C[C@@]12CC([Se]c3ccccc3)=C(O)N1CCO2. The Bertz CT molecular complexity index is 460. The Labute approximate surface area is 107 Å². The summed E-state index contributed by atoms with van der Waals surface area (Å²) in [4.78, 5) is 1.99. The number of aliphatic hydroxyl groups excluding tert-OH is 1. The Kier molecular flexibility index (Phi) is 2.66. The summed E-state index contributed by atoms with van der Waals surface area (Å²) < 4.78 is 8.18. The Morgan fingerprint density at radius 1 is 1.35 bits per heavy atom. The Morgan fingerprint density at radius 2 is 2.12 bits per heavy atom. The van der Waals surface area contributed by atoms with E-state index in [4.69, 9.17) is 4.74 Å². The third-order valence-corrected chi connectivity index (χ3v) is 5.55. The Morgan fingerprint density at radius 3 is 2.82 bits per heavy atom. The van der Waals surface area contributed by atoms with Gasteiger partial charge in [-0.3, -0.25) is 0 Å². The molecule has 3 nitrogen and oxygen atoms in total. The molecule has 1 aromatic carbocycles. The van der Waals surface area contributed by atoms with Gasteiger partial charge in [-0.05, 0) is 0 Å². The number of hydrogen-bond donors (Lipinski definition) is 1. The number of fused-ring (bicyclic) bond motifs is 1. The summed E-state index contributed by atoms with van der Waals surface area (Å²) in [6.45, 7) is 3.58. The van der Waals surface area contributed by atoms with Crippen LogP contribution in [0.5, 0.6) is 0 Å². The molecule has 1 saturated heterocycles. The Balaban J connectivity index is 1.83. The maximum absolute atomic E-state index is 10.2. The molecule has 1 fully saturated rings. The molecular weight excluding hydrogens is 281 g/mol. The summed E-state index contributed by atoms with van der Waals surface area (Å²) >= 11 is 0.196. The van der Waals surface area contributed by atoms with Crippen molar-refractivity contribution in [3.63, 3.8) is 0 Å². The van der Waals surface area contributed by atoms with Crippen LogP contribution in [0.3, 0.4) is 0 Å². The summed E-state index contributed by atoms with van der Waals surface area (Å²) in [5.74, 6) is 0.453. The number of nitrogens with zero attached hydrogens (tertiary/aromatic N) is 1. The zero-order valence-electron chi connectivity index (χ0n) is 9.72.